The first-order valence-electron chi connectivity index (χ1n) is 22.4. The average Bonchev–Trinajstić information content (AvgIpc) is 3.67. The first-order chi connectivity index (χ1) is 31.5. The molecule has 0 aliphatic heterocycles. The van der Waals surface area contributed by atoms with Crippen molar-refractivity contribution in [3.05, 3.63) is 270 Å². The fraction of sp³-hybridized carbons (Fsp3) is 0.0635. The van der Waals surface area contributed by atoms with Crippen LogP contribution in [0.2, 0.25) is 0 Å². The lowest BCUT2D eigenvalue weighted by atomic mass is 9.55. The molecule has 0 radical (unpaired) electrons. The molecule has 10 aromatic rings. The van der Waals surface area contributed by atoms with Gasteiger partial charge >= 0.3 is 0 Å². The molecule has 302 valence electrons. The summed E-state index contributed by atoms with van der Waals surface area (Å²) in [6, 6.07) is 87.1. The molecule has 2 aliphatic rings. The summed E-state index contributed by atoms with van der Waals surface area (Å²) in [4.78, 5) is 5.57. The lowest BCUT2D eigenvalue weighted by Crippen LogP contribution is -2.40. The number of hydrogen-bond donors (Lipinski definition) is 0. The van der Waals surface area contributed by atoms with E-state index in [1.54, 1.807) is 0 Å². The van der Waals surface area contributed by atoms with Gasteiger partial charge in [-0.25, -0.2) is 4.98 Å². The van der Waals surface area contributed by atoms with Gasteiger partial charge in [0.15, 0.2) is 0 Å². The Labute approximate surface area is 376 Å². The van der Waals surface area contributed by atoms with Gasteiger partial charge in [0.25, 0.3) is 0 Å². The molecule has 1 spiro atoms. The molecule has 1 heteroatoms. The van der Waals surface area contributed by atoms with E-state index in [1.807, 2.05) is 0 Å². The minimum Gasteiger partial charge on any atom is -0.248 e. The SMILES string of the molecule is CC1(C)c2ccccc2C2(c3ccc(-c4cc(-c5ccccc5)cc(-c5ccccc5)c4)cc3-c3c(-c4cc(-c5ccccc5)cc(-c5ccccc5)n4)cccc32)c2ccccc21. The molecule has 2 aliphatic carbocycles. The second-order valence-corrected chi connectivity index (χ2v) is 17.8. The number of nitrogens with zero attached hydrogens (tertiary/aromatic N) is 1. The van der Waals surface area contributed by atoms with E-state index in [2.05, 4.69) is 250 Å². The third-order valence-corrected chi connectivity index (χ3v) is 13.9. The Morgan fingerprint density at radius 3 is 1.22 bits per heavy atom. The predicted molar refractivity (Wildman–Crippen MR) is 266 cm³/mol. The number of benzene rings is 9. The molecule has 0 atom stereocenters. The van der Waals surface area contributed by atoms with Crippen molar-refractivity contribution in [1.82, 2.24) is 4.98 Å². The zero-order valence-corrected chi connectivity index (χ0v) is 36.0. The predicted octanol–water partition coefficient (Wildman–Crippen LogP) is 16.1. The van der Waals surface area contributed by atoms with Crippen LogP contribution in [0.1, 0.15) is 47.2 Å². The number of rotatable bonds is 6. The highest BCUT2D eigenvalue weighted by molar-refractivity contribution is 5.98. The monoisotopic (exact) mass is 815 g/mol. The van der Waals surface area contributed by atoms with Crippen LogP contribution in [0.4, 0.5) is 0 Å². The maximum Gasteiger partial charge on any atom is 0.0722 e. The van der Waals surface area contributed by atoms with Gasteiger partial charge < -0.3 is 0 Å². The van der Waals surface area contributed by atoms with Crippen molar-refractivity contribution >= 4 is 0 Å². The minimum absolute atomic E-state index is 0.194. The molecule has 1 heterocycles. The van der Waals surface area contributed by atoms with Crippen LogP contribution in [0.5, 0.6) is 0 Å². The molecule has 1 nitrogen and oxygen atoms in total. The second-order valence-electron chi connectivity index (χ2n) is 17.8. The Balaban J connectivity index is 1.17. The third-order valence-electron chi connectivity index (χ3n) is 13.9. The van der Waals surface area contributed by atoms with E-state index in [0.29, 0.717) is 0 Å². The highest BCUT2D eigenvalue weighted by Crippen LogP contribution is 2.63. The fourth-order valence-corrected chi connectivity index (χ4v) is 11.0. The van der Waals surface area contributed by atoms with E-state index in [4.69, 9.17) is 4.98 Å². The lowest BCUT2D eigenvalue weighted by Gasteiger charge is -2.46. The van der Waals surface area contributed by atoms with Crippen molar-refractivity contribution in [3.63, 3.8) is 0 Å². The Kier molecular flexibility index (Phi) is 8.81. The van der Waals surface area contributed by atoms with Crippen LogP contribution in [0.25, 0.3) is 78.1 Å². The molecule has 0 saturated heterocycles. The van der Waals surface area contributed by atoms with Crippen molar-refractivity contribution in [1.29, 1.82) is 0 Å². The molecule has 9 aromatic carbocycles. The highest BCUT2D eigenvalue weighted by Gasteiger charge is 2.53. The topological polar surface area (TPSA) is 12.9 Å². The van der Waals surface area contributed by atoms with E-state index < -0.39 is 5.41 Å². The molecule has 0 N–H and O–H groups in total. The smallest absolute Gasteiger partial charge is 0.0722 e. The minimum atomic E-state index is -0.553. The van der Waals surface area contributed by atoms with Gasteiger partial charge in [-0.1, -0.05) is 214 Å². The summed E-state index contributed by atoms with van der Waals surface area (Å²) in [5.74, 6) is 0. The molecular weight excluding hydrogens is 771 g/mol. The fourth-order valence-electron chi connectivity index (χ4n) is 11.0. The highest BCUT2D eigenvalue weighted by atomic mass is 14.7. The van der Waals surface area contributed by atoms with Crippen LogP contribution in [0, 0.1) is 0 Å². The molecular formula is C63H45N. The molecule has 0 saturated carbocycles. The molecule has 64 heavy (non-hydrogen) atoms. The Bertz CT molecular complexity index is 3220. The van der Waals surface area contributed by atoms with E-state index in [-0.39, 0.29) is 5.41 Å². The van der Waals surface area contributed by atoms with Crippen molar-refractivity contribution in [2.24, 2.45) is 0 Å². The van der Waals surface area contributed by atoms with Gasteiger partial charge in [-0.05, 0) is 125 Å². The van der Waals surface area contributed by atoms with E-state index in [9.17, 15) is 0 Å². The Morgan fingerprint density at radius 1 is 0.266 bits per heavy atom. The van der Waals surface area contributed by atoms with E-state index in [1.165, 1.54) is 83.5 Å². The summed E-state index contributed by atoms with van der Waals surface area (Å²) in [7, 11) is 0. The van der Waals surface area contributed by atoms with Crippen molar-refractivity contribution in [2.45, 2.75) is 24.7 Å². The van der Waals surface area contributed by atoms with Crippen LogP contribution < -0.4 is 0 Å². The molecule has 0 bridgehead atoms. The largest absolute Gasteiger partial charge is 0.248 e. The van der Waals surface area contributed by atoms with Gasteiger partial charge in [-0.3, -0.25) is 0 Å². The van der Waals surface area contributed by atoms with Gasteiger partial charge in [0, 0.05) is 16.5 Å². The summed E-state index contributed by atoms with van der Waals surface area (Å²) >= 11 is 0. The van der Waals surface area contributed by atoms with Crippen LogP contribution in [0.3, 0.4) is 0 Å². The normalized spacial score (nSPS) is 13.7. The van der Waals surface area contributed by atoms with Crippen LogP contribution >= 0.6 is 0 Å². The number of fused-ring (bicyclic) bond motifs is 9. The third kappa shape index (κ3) is 5.89. The van der Waals surface area contributed by atoms with Crippen molar-refractivity contribution < 1.29 is 0 Å². The quantitative estimate of drug-likeness (QED) is 0.163. The van der Waals surface area contributed by atoms with E-state index in [0.717, 1.165) is 28.1 Å². The van der Waals surface area contributed by atoms with Gasteiger partial charge in [-0.2, -0.15) is 0 Å². The number of aromatic nitrogens is 1. The standard InChI is InChI=1S/C63H45N/c1-62(2)54-29-15-17-31-56(54)63(57-32-18-16-30-55(57)62)53-35-34-46(49-37-47(42-20-7-3-8-21-42)36-48(38-49)43-22-9-4-10-23-43)39-52(53)61-51(28-19-33-58(61)63)60-41-50(44-24-11-5-12-25-44)40-59(64-60)45-26-13-6-14-27-45/h3-41H,1-2H3. The first kappa shape index (κ1) is 37.9. The Morgan fingerprint density at radius 2 is 0.688 bits per heavy atom. The van der Waals surface area contributed by atoms with Crippen LogP contribution in [-0.4, -0.2) is 4.98 Å². The van der Waals surface area contributed by atoms with Gasteiger partial charge in [-0.15, -0.1) is 0 Å². The first-order valence-corrected chi connectivity index (χ1v) is 22.4. The summed E-state index contributed by atoms with van der Waals surface area (Å²) in [6.45, 7) is 4.78. The molecule has 0 unspecified atom stereocenters. The zero-order chi connectivity index (χ0) is 42.8. The summed E-state index contributed by atoms with van der Waals surface area (Å²) in [5, 5.41) is 0. The number of hydrogen-bond acceptors (Lipinski definition) is 1. The molecule has 0 fully saturated rings. The zero-order valence-electron chi connectivity index (χ0n) is 36.0. The van der Waals surface area contributed by atoms with Gasteiger partial charge in [0.2, 0.25) is 0 Å². The summed E-state index contributed by atoms with van der Waals surface area (Å²) in [5.41, 5.74) is 23.4. The average molecular weight is 816 g/mol. The summed E-state index contributed by atoms with van der Waals surface area (Å²) in [6.07, 6.45) is 0. The number of pyridine rings is 1. The van der Waals surface area contributed by atoms with Crippen LogP contribution in [0.15, 0.2) is 237 Å². The van der Waals surface area contributed by atoms with Crippen LogP contribution in [-0.2, 0) is 10.8 Å². The lowest BCUT2D eigenvalue weighted by molar-refractivity contribution is 0.563. The van der Waals surface area contributed by atoms with E-state index >= 15 is 0 Å². The Hall–Kier alpha value is -7.87. The maximum absolute atomic E-state index is 5.57. The summed E-state index contributed by atoms with van der Waals surface area (Å²) < 4.78 is 0. The molecule has 1 aromatic heterocycles. The molecule has 0 amide bonds. The maximum atomic E-state index is 5.57. The van der Waals surface area contributed by atoms with Gasteiger partial charge in [0.1, 0.15) is 0 Å². The van der Waals surface area contributed by atoms with Crippen molar-refractivity contribution in [2.75, 3.05) is 0 Å². The molecule has 12 rings (SSSR count). The second kappa shape index (κ2) is 14.9. The van der Waals surface area contributed by atoms with Gasteiger partial charge in [0.05, 0.1) is 16.8 Å². The van der Waals surface area contributed by atoms with Crippen molar-refractivity contribution in [3.8, 4) is 78.1 Å².